The van der Waals surface area contributed by atoms with Crippen molar-refractivity contribution in [1.82, 2.24) is 15.1 Å². The van der Waals surface area contributed by atoms with Crippen LogP contribution < -0.4 is 10.6 Å². The van der Waals surface area contributed by atoms with Crippen LogP contribution in [0.2, 0.25) is 0 Å². The van der Waals surface area contributed by atoms with Crippen LogP contribution in [0.1, 0.15) is 11.5 Å². The van der Waals surface area contributed by atoms with Crippen LogP contribution in [0.25, 0.3) is 0 Å². The molecule has 100 valence electrons. The molecule has 0 saturated heterocycles. The third-order valence-corrected chi connectivity index (χ3v) is 2.36. The molecular formula is C10H12N6O3. The predicted octanol–water partition coefficient (Wildman–Crippen LogP) is 1.34. The first-order chi connectivity index (χ1) is 9.11. The maximum atomic E-state index is 11.0. The topological polar surface area (TPSA) is 119 Å². The van der Waals surface area contributed by atoms with Gasteiger partial charge < -0.3 is 15.2 Å². The molecule has 0 atom stereocenters. The third-order valence-electron chi connectivity index (χ3n) is 2.36. The second kappa shape index (κ2) is 5.29. The molecule has 0 fully saturated rings. The van der Waals surface area contributed by atoms with E-state index >= 15 is 0 Å². The normalized spacial score (nSPS) is 10.2. The van der Waals surface area contributed by atoms with E-state index in [0.717, 1.165) is 0 Å². The number of anilines is 2. The molecule has 2 N–H and O–H groups in total. The molecule has 0 aliphatic rings. The molecule has 0 spiro atoms. The molecule has 2 rings (SSSR count). The Morgan fingerprint density at radius 1 is 1.42 bits per heavy atom. The number of nitrogens with zero attached hydrogens (tertiary/aromatic N) is 4. The van der Waals surface area contributed by atoms with Crippen LogP contribution in [0.5, 0.6) is 0 Å². The Morgan fingerprint density at radius 3 is 2.74 bits per heavy atom. The SMILES string of the molecule is CNc1ncnc(NCc2cc(C)on2)c1[N+](=O)[O-]. The third kappa shape index (κ3) is 2.76. The maximum absolute atomic E-state index is 11.0. The lowest BCUT2D eigenvalue weighted by Gasteiger charge is -2.06. The quantitative estimate of drug-likeness (QED) is 0.613. The summed E-state index contributed by atoms with van der Waals surface area (Å²) >= 11 is 0. The van der Waals surface area contributed by atoms with Crippen LogP contribution in [0.4, 0.5) is 17.3 Å². The zero-order chi connectivity index (χ0) is 13.8. The minimum atomic E-state index is -0.539. The Kier molecular flexibility index (Phi) is 3.55. The van der Waals surface area contributed by atoms with E-state index < -0.39 is 4.92 Å². The highest BCUT2D eigenvalue weighted by Gasteiger charge is 2.21. The first-order valence-corrected chi connectivity index (χ1v) is 5.45. The van der Waals surface area contributed by atoms with Crippen molar-refractivity contribution in [2.24, 2.45) is 0 Å². The maximum Gasteiger partial charge on any atom is 0.353 e. The Bertz CT molecular complexity index is 597. The van der Waals surface area contributed by atoms with Crippen molar-refractivity contribution in [3.8, 4) is 0 Å². The smallest absolute Gasteiger partial charge is 0.353 e. The monoisotopic (exact) mass is 264 g/mol. The molecule has 19 heavy (non-hydrogen) atoms. The Hall–Kier alpha value is -2.71. The van der Waals surface area contributed by atoms with E-state index in [1.54, 1.807) is 20.0 Å². The summed E-state index contributed by atoms with van der Waals surface area (Å²) in [4.78, 5) is 18.2. The van der Waals surface area contributed by atoms with Gasteiger partial charge in [-0.2, -0.15) is 0 Å². The molecule has 0 bridgehead atoms. The molecule has 9 nitrogen and oxygen atoms in total. The number of rotatable bonds is 5. The number of hydrogen-bond acceptors (Lipinski definition) is 8. The average molecular weight is 264 g/mol. The van der Waals surface area contributed by atoms with Gasteiger partial charge in [0.2, 0.25) is 11.6 Å². The highest BCUT2D eigenvalue weighted by Crippen LogP contribution is 2.28. The predicted molar refractivity (Wildman–Crippen MR) is 66.8 cm³/mol. The zero-order valence-corrected chi connectivity index (χ0v) is 10.4. The van der Waals surface area contributed by atoms with Crippen molar-refractivity contribution in [3.63, 3.8) is 0 Å². The number of aromatic nitrogens is 3. The zero-order valence-electron chi connectivity index (χ0n) is 10.4. The summed E-state index contributed by atoms with van der Waals surface area (Å²) in [5.41, 5.74) is 0.432. The minimum absolute atomic E-state index is 0.130. The van der Waals surface area contributed by atoms with Crippen LogP contribution in [0.15, 0.2) is 16.9 Å². The number of hydrogen-bond donors (Lipinski definition) is 2. The molecule has 0 saturated carbocycles. The molecule has 0 aliphatic heterocycles. The molecular weight excluding hydrogens is 252 g/mol. The van der Waals surface area contributed by atoms with Gasteiger partial charge in [-0.25, -0.2) is 9.97 Å². The summed E-state index contributed by atoms with van der Waals surface area (Å²) in [7, 11) is 1.56. The minimum Gasteiger partial charge on any atom is -0.367 e. The van der Waals surface area contributed by atoms with Gasteiger partial charge in [-0.3, -0.25) is 10.1 Å². The van der Waals surface area contributed by atoms with E-state index in [1.165, 1.54) is 6.33 Å². The van der Waals surface area contributed by atoms with Crippen LogP contribution in [-0.2, 0) is 6.54 Å². The Balaban J connectivity index is 2.22. The molecule has 9 heteroatoms. The molecule has 0 aromatic carbocycles. The van der Waals surface area contributed by atoms with Crippen LogP contribution in [0, 0.1) is 17.0 Å². The summed E-state index contributed by atoms with van der Waals surface area (Å²) in [5, 5.41) is 20.3. The van der Waals surface area contributed by atoms with Crippen molar-refractivity contribution in [1.29, 1.82) is 0 Å². The van der Waals surface area contributed by atoms with Gasteiger partial charge in [-0.15, -0.1) is 0 Å². The molecule has 0 amide bonds. The standard InChI is InChI=1S/C10H12N6O3/c1-6-3-7(15-19-6)4-12-10-8(16(17)18)9(11-2)13-5-14-10/h3,5H,4H2,1-2H3,(H2,11,12,13,14). The van der Waals surface area contributed by atoms with Crippen molar-refractivity contribution >= 4 is 17.3 Å². The van der Waals surface area contributed by atoms with E-state index in [9.17, 15) is 10.1 Å². The fourth-order valence-electron chi connectivity index (χ4n) is 1.54. The van der Waals surface area contributed by atoms with Crippen LogP contribution in [-0.4, -0.2) is 27.1 Å². The molecule has 2 heterocycles. The second-order valence-corrected chi connectivity index (χ2v) is 3.71. The highest BCUT2D eigenvalue weighted by atomic mass is 16.6. The van der Waals surface area contributed by atoms with Crippen molar-refractivity contribution < 1.29 is 9.45 Å². The largest absolute Gasteiger partial charge is 0.367 e. The number of aryl methyl sites for hydroxylation is 1. The van der Waals surface area contributed by atoms with Crippen LogP contribution in [0.3, 0.4) is 0 Å². The molecule has 0 unspecified atom stereocenters. The lowest BCUT2D eigenvalue weighted by Crippen LogP contribution is -2.08. The molecule has 2 aromatic heterocycles. The van der Waals surface area contributed by atoms with E-state index in [1.807, 2.05) is 0 Å². The molecule has 0 radical (unpaired) electrons. The lowest BCUT2D eigenvalue weighted by molar-refractivity contribution is -0.383. The molecule has 0 aliphatic carbocycles. The summed E-state index contributed by atoms with van der Waals surface area (Å²) in [6, 6.07) is 1.74. The fraction of sp³-hybridized carbons (Fsp3) is 0.300. The first kappa shape index (κ1) is 12.7. The fourth-order valence-corrected chi connectivity index (χ4v) is 1.54. The van der Waals surface area contributed by atoms with Gasteiger partial charge in [-0.05, 0) is 6.92 Å². The summed E-state index contributed by atoms with van der Waals surface area (Å²) in [6.07, 6.45) is 1.25. The Labute approximate surface area is 108 Å². The summed E-state index contributed by atoms with van der Waals surface area (Å²) < 4.78 is 4.91. The van der Waals surface area contributed by atoms with E-state index in [4.69, 9.17) is 4.52 Å². The van der Waals surface area contributed by atoms with Gasteiger partial charge in [0.1, 0.15) is 17.8 Å². The van der Waals surface area contributed by atoms with Gasteiger partial charge in [0.25, 0.3) is 0 Å². The van der Waals surface area contributed by atoms with Crippen LogP contribution >= 0.6 is 0 Å². The summed E-state index contributed by atoms with van der Waals surface area (Å²) in [5.74, 6) is 0.953. The average Bonchev–Trinajstić information content (AvgIpc) is 2.81. The highest BCUT2D eigenvalue weighted by molar-refractivity contribution is 5.68. The number of nitrogens with one attached hydrogen (secondary N) is 2. The second-order valence-electron chi connectivity index (χ2n) is 3.71. The van der Waals surface area contributed by atoms with Gasteiger partial charge >= 0.3 is 5.69 Å². The van der Waals surface area contributed by atoms with Gasteiger partial charge in [-0.1, -0.05) is 5.16 Å². The Morgan fingerprint density at radius 2 is 2.16 bits per heavy atom. The van der Waals surface area contributed by atoms with Crippen molar-refractivity contribution in [2.75, 3.05) is 17.7 Å². The van der Waals surface area contributed by atoms with Crippen molar-refractivity contribution in [2.45, 2.75) is 13.5 Å². The lowest BCUT2D eigenvalue weighted by atomic mass is 10.3. The van der Waals surface area contributed by atoms with Crippen molar-refractivity contribution in [3.05, 3.63) is 34.0 Å². The molecule has 2 aromatic rings. The van der Waals surface area contributed by atoms with E-state index in [2.05, 4.69) is 25.8 Å². The summed E-state index contributed by atoms with van der Waals surface area (Å²) in [6.45, 7) is 2.04. The van der Waals surface area contributed by atoms with Gasteiger partial charge in [0.15, 0.2) is 0 Å². The first-order valence-electron chi connectivity index (χ1n) is 5.45. The van der Waals surface area contributed by atoms with Gasteiger partial charge in [0.05, 0.1) is 11.5 Å². The van der Waals surface area contributed by atoms with E-state index in [0.29, 0.717) is 11.5 Å². The van der Waals surface area contributed by atoms with E-state index in [-0.39, 0.29) is 23.9 Å². The number of nitro groups is 1. The van der Waals surface area contributed by atoms with Gasteiger partial charge in [0, 0.05) is 13.1 Å².